The molecule has 0 bridgehead atoms. The number of nitrogens with one attached hydrogen (secondary N) is 1. The molecule has 21 heavy (non-hydrogen) atoms. The Morgan fingerprint density at radius 1 is 1.57 bits per heavy atom. The van der Waals surface area contributed by atoms with Crippen LogP contribution in [-0.2, 0) is 11.3 Å². The molecular weight excluding hydrogens is 268 g/mol. The quantitative estimate of drug-likeness (QED) is 0.896. The molecule has 1 saturated heterocycles. The molecule has 118 valence electrons. The van der Waals surface area contributed by atoms with E-state index >= 15 is 0 Å². The summed E-state index contributed by atoms with van der Waals surface area (Å²) in [6, 6.07) is 2.03. The molecule has 0 aromatic carbocycles. The lowest BCUT2D eigenvalue weighted by molar-refractivity contribution is -0.108. The maximum Gasteiger partial charge on any atom is 0.317 e. The first kappa shape index (κ1) is 15.8. The molecule has 1 atom stereocenters. The molecule has 0 saturated carbocycles. The highest BCUT2D eigenvalue weighted by atomic mass is 16.5. The fourth-order valence-electron chi connectivity index (χ4n) is 2.67. The van der Waals surface area contributed by atoms with Gasteiger partial charge in [-0.1, -0.05) is 6.92 Å². The first-order valence-corrected chi connectivity index (χ1v) is 7.39. The first-order valence-electron chi connectivity index (χ1n) is 7.39. The van der Waals surface area contributed by atoms with E-state index in [2.05, 4.69) is 17.3 Å². The van der Waals surface area contributed by atoms with E-state index in [4.69, 9.17) is 4.74 Å². The summed E-state index contributed by atoms with van der Waals surface area (Å²) in [5.74, 6) is 0. The number of ether oxygens (including phenoxy) is 1. The lowest BCUT2D eigenvalue weighted by Gasteiger charge is -2.40. The Bertz CT molecular complexity index is 508. The number of amides is 2. The maximum absolute atomic E-state index is 12.2. The van der Waals surface area contributed by atoms with Crippen LogP contribution in [0.25, 0.3) is 0 Å². The van der Waals surface area contributed by atoms with E-state index < -0.39 is 0 Å². The topological polar surface area (TPSA) is 59.4 Å². The zero-order valence-corrected chi connectivity index (χ0v) is 13.6. The minimum atomic E-state index is -0.0443. The predicted octanol–water partition coefficient (Wildman–Crippen LogP) is 1.57. The minimum Gasteiger partial charge on any atom is -0.380 e. The van der Waals surface area contributed by atoms with Crippen molar-refractivity contribution in [3.05, 3.63) is 17.5 Å². The highest BCUT2D eigenvalue weighted by molar-refractivity contribution is 5.74. The van der Waals surface area contributed by atoms with E-state index in [1.54, 1.807) is 4.90 Å². The summed E-state index contributed by atoms with van der Waals surface area (Å²) in [6.07, 6.45) is 0. The van der Waals surface area contributed by atoms with Crippen LogP contribution in [-0.4, -0.2) is 53.6 Å². The number of aryl methyl sites for hydroxylation is 2. The van der Waals surface area contributed by atoms with Crippen molar-refractivity contribution in [2.24, 2.45) is 5.41 Å². The molecule has 1 aromatic rings. The normalized spacial score (nSPS) is 18.0. The van der Waals surface area contributed by atoms with Gasteiger partial charge in [0.15, 0.2) is 0 Å². The summed E-state index contributed by atoms with van der Waals surface area (Å²) >= 11 is 0. The number of urea groups is 1. The number of carbonyl (C=O) groups is 1. The van der Waals surface area contributed by atoms with Gasteiger partial charge in [-0.3, -0.25) is 4.68 Å². The summed E-state index contributed by atoms with van der Waals surface area (Å²) in [5.41, 5.74) is 2.22. The molecule has 2 amide bonds. The summed E-state index contributed by atoms with van der Waals surface area (Å²) in [6.45, 7) is 11.0. The third-order valence-corrected chi connectivity index (χ3v) is 3.79. The highest BCUT2D eigenvalue weighted by Crippen LogP contribution is 2.27. The molecular formula is C15H26N4O2. The predicted molar refractivity (Wildman–Crippen MR) is 81.3 cm³/mol. The van der Waals surface area contributed by atoms with E-state index in [-0.39, 0.29) is 17.5 Å². The van der Waals surface area contributed by atoms with Crippen LogP contribution in [0.5, 0.6) is 0 Å². The van der Waals surface area contributed by atoms with E-state index in [0.29, 0.717) is 13.1 Å². The summed E-state index contributed by atoms with van der Waals surface area (Å²) in [4.78, 5) is 13.9. The third-order valence-electron chi connectivity index (χ3n) is 3.79. The average Bonchev–Trinajstić information content (AvgIpc) is 2.65. The van der Waals surface area contributed by atoms with Crippen molar-refractivity contribution >= 4 is 6.03 Å². The Kier molecular flexibility index (Phi) is 4.56. The molecule has 1 aliphatic rings. The molecule has 0 unspecified atom stereocenters. The lowest BCUT2D eigenvalue weighted by Crippen LogP contribution is -2.52. The van der Waals surface area contributed by atoms with E-state index in [1.165, 1.54) is 0 Å². The second kappa shape index (κ2) is 6.05. The highest BCUT2D eigenvalue weighted by Gasteiger charge is 2.35. The zero-order chi connectivity index (χ0) is 15.6. The Balaban J connectivity index is 1.82. The molecule has 1 fully saturated rings. The Morgan fingerprint density at radius 3 is 2.71 bits per heavy atom. The number of rotatable bonds is 5. The number of aromatic nitrogens is 2. The van der Waals surface area contributed by atoms with Gasteiger partial charge in [-0.15, -0.1) is 0 Å². The Hall–Kier alpha value is -1.56. The van der Waals surface area contributed by atoms with E-state index in [0.717, 1.165) is 24.6 Å². The van der Waals surface area contributed by atoms with Crippen LogP contribution in [0.1, 0.15) is 25.2 Å². The maximum atomic E-state index is 12.2. The molecule has 0 radical (unpaired) electrons. The standard InChI is InChI=1S/C15H26N4O2/c1-11-6-13(3)19(17-11)7-12(2)16-14(20)18(5)8-15(4)9-21-10-15/h6,12H,7-10H2,1-5H3,(H,16,20)/t12-/m1/s1. The van der Waals surface area contributed by atoms with Gasteiger partial charge in [0.25, 0.3) is 0 Å². The smallest absolute Gasteiger partial charge is 0.317 e. The minimum absolute atomic E-state index is 0.0309. The SMILES string of the molecule is Cc1cc(C)n(C[C@@H](C)NC(=O)N(C)CC2(C)COC2)n1. The fraction of sp³-hybridized carbons (Fsp3) is 0.733. The van der Waals surface area contributed by atoms with Gasteiger partial charge in [0, 0.05) is 30.7 Å². The first-order chi connectivity index (χ1) is 9.79. The van der Waals surface area contributed by atoms with Crippen molar-refractivity contribution in [1.82, 2.24) is 20.0 Å². The Labute approximate surface area is 126 Å². The fourth-order valence-corrected chi connectivity index (χ4v) is 2.67. The van der Waals surface area contributed by atoms with Crippen molar-refractivity contribution in [2.45, 2.75) is 40.3 Å². The van der Waals surface area contributed by atoms with Crippen LogP contribution < -0.4 is 5.32 Å². The van der Waals surface area contributed by atoms with Crippen molar-refractivity contribution in [1.29, 1.82) is 0 Å². The second-order valence-corrected chi connectivity index (χ2v) is 6.62. The van der Waals surface area contributed by atoms with Gasteiger partial charge in [-0.25, -0.2) is 4.79 Å². The van der Waals surface area contributed by atoms with Crippen LogP contribution in [0, 0.1) is 19.3 Å². The third kappa shape index (κ3) is 3.97. The zero-order valence-electron chi connectivity index (χ0n) is 13.6. The second-order valence-electron chi connectivity index (χ2n) is 6.62. The van der Waals surface area contributed by atoms with E-state index in [1.807, 2.05) is 38.6 Å². The van der Waals surface area contributed by atoms with Crippen molar-refractivity contribution in [2.75, 3.05) is 26.8 Å². The van der Waals surface area contributed by atoms with Crippen LogP contribution >= 0.6 is 0 Å². The Morgan fingerprint density at radius 2 is 2.24 bits per heavy atom. The molecule has 2 heterocycles. The largest absolute Gasteiger partial charge is 0.380 e. The molecule has 1 N–H and O–H groups in total. The summed E-state index contributed by atoms with van der Waals surface area (Å²) < 4.78 is 7.16. The molecule has 1 aromatic heterocycles. The van der Waals surface area contributed by atoms with Gasteiger partial charge in [-0.2, -0.15) is 5.10 Å². The van der Waals surface area contributed by atoms with Gasteiger partial charge < -0.3 is 15.0 Å². The van der Waals surface area contributed by atoms with Crippen LogP contribution in [0.4, 0.5) is 4.79 Å². The molecule has 2 rings (SSSR count). The molecule has 1 aliphatic heterocycles. The monoisotopic (exact) mass is 294 g/mol. The van der Waals surface area contributed by atoms with Gasteiger partial charge >= 0.3 is 6.03 Å². The number of carbonyl (C=O) groups excluding carboxylic acids is 1. The summed E-state index contributed by atoms with van der Waals surface area (Å²) in [5, 5.41) is 7.44. The van der Waals surface area contributed by atoms with E-state index in [9.17, 15) is 4.79 Å². The van der Waals surface area contributed by atoms with Crippen molar-refractivity contribution < 1.29 is 9.53 Å². The molecule has 0 spiro atoms. The molecule has 6 heteroatoms. The number of hydrogen-bond acceptors (Lipinski definition) is 3. The average molecular weight is 294 g/mol. The van der Waals surface area contributed by atoms with Crippen LogP contribution in [0.3, 0.4) is 0 Å². The molecule has 0 aliphatic carbocycles. The van der Waals surface area contributed by atoms with Crippen LogP contribution in [0.15, 0.2) is 6.07 Å². The lowest BCUT2D eigenvalue weighted by atomic mass is 9.88. The molecule has 6 nitrogen and oxygen atoms in total. The van der Waals surface area contributed by atoms with Gasteiger partial charge in [0.1, 0.15) is 0 Å². The number of nitrogens with zero attached hydrogens (tertiary/aromatic N) is 3. The van der Waals surface area contributed by atoms with Gasteiger partial charge in [-0.05, 0) is 26.8 Å². The van der Waals surface area contributed by atoms with Crippen molar-refractivity contribution in [3.8, 4) is 0 Å². The van der Waals surface area contributed by atoms with Crippen molar-refractivity contribution in [3.63, 3.8) is 0 Å². The summed E-state index contributed by atoms with van der Waals surface area (Å²) in [7, 11) is 1.83. The van der Waals surface area contributed by atoms with Crippen LogP contribution in [0.2, 0.25) is 0 Å². The van der Waals surface area contributed by atoms with Gasteiger partial charge in [0.2, 0.25) is 0 Å². The number of hydrogen-bond donors (Lipinski definition) is 1. The van der Waals surface area contributed by atoms with Gasteiger partial charge in [0.05, 0.1) is 25.5 Å².